The lowest BCUT2D eigenvalue weighted by Gasteiger charge is -2.09. The predicted octanol–water partition coefficient (Wildman–Crippen LogP) is 0.779. The van der Waals surface area contributed by atoms with Gasteiger partial charge in [0.1, 0.15) is 11.5 Å². The number of nitrogens with one attached hydrogen (secondary N) is 2. The number of amides is 1. The molecule has 0 fully saturated rings. The van der Waals surface area contributed by atoms with Gasteiger partial charge in [-0.05, 0) is 26.0 Å². The molecule has 1 atom stereocenters. The Morgan fingerprint density at radius 3 is 2.88 bits per heavy atom. The first-order valence-electron chi connectivity index (χ1n) is 5.11. The number of aromatic amines is 1. The number of nitrogens with two attached hydrogens (primary N) is 1. The molecule has 1 unspecified atom stereocenters. The van der Waals surface area contributed by atoms with Gasteiger partial charge < -0.3 is 15.5 Å². The first-order chi connectivity index (χ1) is 8.06. The average molecular weight is 235 g/mol. The highest BCUT2D eigenvalue weighted by molar-refractivity contribution is 5.90. The predicted molar refractivity (Wildman–Crippen MR) is 60.1 cm³/mol. The summed E-state index contributed by atoms with van der Waals surface area (Å²) in [5.41, 5.74) is 5.31. The van der Waals surface area contributed by atoms with Crippen molar-refractivity contribution in [2.45, 2.75) is 19.9 Å². The maximum atomic E-state index is 11.7. The number of furan rings is 1. The number of carbonyl (C=O) groups is 1. The Morgan fingerprint density at radius 1 is 1.59 bits per heavy atom. The molecular weight excluding hydrogens is 222 g/mol. The summed E-state index contributed by atoms with van der Waals surface area (Å²) >= 11 is 0. The highest BCUT2D eigenvalue weighted by atomic mass is 16.3. The number of nitrogen functional groups attached to an aromatic ring is 1. The van der Waals surface area contributed by atoms with Crippen LogP contribution in [0.25, 0.3) is 0 Å². The van der Waals surface area contributed by atoms with E-state index in [0.717, 1.165) is 5.76 Å². The summed E-state index contributed by atoms with van der Waals surface area (Å²) < 4.78 is 5.40. The number of hydrogen-bond donors (Lipinski definition) is 3. The molecule has 2 rings (SSSR count). The molecule has 0 saturated carbocycles. The molecule has 0 aliphatic rings. The first kappa shape index (κ1) is 11.2. The molecule has 0 saturated heterocycles. The van der Waals surface area contributed by atoms with E-state index >= 15 is 0 Å². The minimum absolute atomic E-state index is 0.0386. The number of anilines is 1. The Labute approximate surface area is 97.4 Å². The van der Waals surface area contributed by atoms with E-state index in [1.807, 2.05) is 26.0 Å². The van der Waals surface area contributed by atoms with E-state index in [9.17, 15) is 4.79 Å². The van der Waals surface area contributed by atoms with Gasteiger partial charge in [-0.2, -0.15) is 4.98 Å². The highest BCUT2D eigenvalue weighted by Gasteiger charge is 2.16. The molecule has 1 amide bonds. The van der Waals surface area contributed by atoms with E-state index in [-0.39, 0.29) is 23.7 Å². The van der Waals surface area contributed by atoms with Crippen LogP contribution >= 0.6 is 0 Å². The van der Waals surface area contributed by atoms with Crippen LogP contribution in [0, 0.1) is 6.92 Å². The van der Waals surface area contributed by atoms with Crippen molar-refractivity contribution < 1.29 is 9.21 Å². The molecule has 0 aliphatic carbocycles. The van der Waals surface area contributed by atoms with Crippen LogP contribution in [0.15, 0.2) is 16.5 Å². The van der Waals surface area contributed by atoms with Gasteiger partial charge in [0.05, 0.1) is 6.04 Å². The molecule has 17 heavy (non-hydrogen) atoms. The van der Waals surface area contributed by atoms with Crippen LogP contribution in [0.5, 0.6) is 0 Å². The topological polar surface area (TPSA) is 110 Å². The number of aromatic nitrogens is 3. The Kier molecular flexibility index (Phi) is 2.82. The van der Waals surface area contributed by atoms with Crippen LogP contribution in [0.1, 0.15) is 35.1 Å². The second kappa shape index (κ2) is 4.28. The van der Waals surface area contributed by atoms with Gasteiger partial charge in [-0.15, -0.1) is 5.10 Å². The van der Waals surface area contributed by atoms with E-state index in [1.165, 1.54) is 0 Å². The monoisotopic (exact) mass is 235 g/mol. The summed E-state index contributed by atoms with van der Waals surface area (Å²) in [6.45, 7) is 3.66. The summed E-state index contributed by atoms with van der Waals surface area (Å²) in [5, 5.41) is 8.73. The second-order valence-electron chi connectivity index (χ2n) is 3.69. The number of carbonyl (C=O) groups excluding carboxylic acids is 1. The molecule has 90 valence electrons. The standard InChI is InChI=1S/C10H13N5O2/c1-5-3-4-7(17-5)6(2)12-9(16)8-13-10(11)15-14-8/h3-4,6H,1-2H3,(H,12,16)(H3,11,13,14,15). The van der Waals surface area contributed by atoms with Crippen LogP contribution in [-0.4, -0.2) is 21.1 Å². The normalized spacial score (nSPS) is 12.4. The van der Waals surface area contributed by atoms with Gasteiger partial charge in [0, 0.05) is 0 Å². The number of hydrogen-bond acceptors (Lipinski definition) is 5. The Hall–Kier alpha value is -2.31. The first-order valence-corrected chi connectivity index (χ1v) is 5.11. The maximum absolute atomic E-state index is 11.7. The fourth-order valence-electron chi connectivity index (χ4n) is 1.40. The Morgan fingerprint density at radius 2 is 2.35 bits per heavy atom. The van der Waals surface area contributed by atoms with E-state index < -0.39 is 0 Å². The van der Waals surface area contributed by atoms with Crippen molar-refractivity contribution >= 4 is 11.9 Å². The van der Waals surface area contributed by atoms with Gasteiger partial charge in [0.25, 0.3) is 5.91 Å². The third-order valence-electron chi connectivity index (χ3n) is 2.25. The third kappa shape index (κ3) is 2.44. The molecule has 0 radical (unpaired) electrons. The lowest BCUT2D eigenvalue weighted by molar-refractivity contribution is 0.0925. The Balaban J connectivity index is 2.04. The molecule has 0 bridgehead atoms. The van der Waals surface area contributed by atoms with Crippen molar-refractivity contribution in [3.8, 4) is 0 Å². The summed E-state index contributed by atoms with van der Waals surface area (Å²) in [7, 11) is 0. The van der Waals surface area contributed by atoms with E-state index in [4.69, 9.17) is 10.2 Å². The number of H-pyrrole nitrogens is 1. The van der Waals surface area contributed by atoms with Gasteiger partial charge in [-0.25, -0.2) is 0 Å². The largest absolute Gasteiger partial charge is 0.464 e. The molecule has 4 N–H and O–H groups in total. The molecule has 2 aromatic heterocycles. The van der Waals surface area contributed by atoms with E-state index in [0.29, 0.717) is 5.76 Å². The smallest absolute Gasteiger partial charge is 0.289 e. The SMILES string of the molecule is Cc1ccc(C(C)NC(=O)c2nc(N)n[nH]2)o1. The molecule has 0 aliphatic heterocycles. The van der Waals surface area contributed by atoms with E-state index in [2.05, 4.69) is 20.5 Å². The average Bonchev–Trinajstić information content (AvgIpc) is 2.87. The summed E-state index contributed by atoms with van der Waals surface area (Å²) in [6, 6.07) is 3.40. The maximum Gasteiger partial charge on any atom is 0.289 e. The van der Waals surface area contributed by atoms with Gasteiger partial charge >= 0.3 is 0 Å². The quantitative estimate of drug-likeness (QED) is 0.728. The van der Waals surface area contributed by atoms with Crippen molar-refractivity contribution in [2.75, 3.05) is 5.73 Å². The Bertz CT molecular complexity index is 530. The number of aryl methyl sites for hydroxylation is 1. The minimum atomic E-state index is -0.379. The number of rotatable bonds is 3. The molecule has 7 nitrogen and oxygen atoms in total. The van der Waals surface area contributed by atoms with Crippen LogP contribution in [-0.2, 0) is 0 Å². The van der Waals surface area contributed by atoms with Gasteiger partial charge in [-0.1, -0.05) is 0 Å². The van der Waals surface area contributed by atoms with Crippen molar-refractivity contribution in [1.29, 1.82) is 0 Å². The van der Waals surface area contributed by atoms with Crippen molar-refractivity contribution in [3.63, 3.8) is 0 Å². The lowest BCUT2D eigenvalue weighted by Crippen LogP contribution is -2.27. The van der Waals surface area contributed by atoms with Crippen LogP contribution in [0.4, 0.5) is 5.95 Å². The zero-order valence-corrected chi connectivity index (χ0v) is 9.52. The molecule has 0 spiro atoms. The summed E-state index contributed by atoms with van der Waals surface area (Å²) in [5.74, 6) is 1.22. The third-order valence-corrected chi connectivity index (χ3v) is 2.25. The van der Waals surface area contributed by atoms with Crippen molar-refractivity contribution in [1.82, 2.24) is 20.5 Å². The van der Waals surface area contributed by atoms with Gasteiger partial charge in [0.15, 0.2) is 0 Å². The minimum Gasteiger partial charge on any atom is -0.464 e. The van der Waals surface area contributed by atoms with Crippen LogP contribution < -0.4 is 11.1 Å². The van der Waals surface area contributed by atoms with Gasteiger partial charge in [0.2, 0.25) is 11.8 Å². The molecule has 2 heterocycles. The fraction of sp³-hybridized carbons (Fsp3) is 0.300. The lowest BCUT2D eigenvalue weighted by atomic mass is 10.2. The zero-order valence-electron chi connectivity index (χ0n) is 9.52. The molecular formula is C10H13N5O2. The molecule has 0 aromatic carbocycles. The second-order valence-corrected chi connectivity index (χ2v) is 3.69. The molecule has 7 heteroatoms. The highest BCUT2D eigenvalue weighted by Crippen LogP contribution is 2.15. The number of nitrogens with zero attached hydrogens (tertiary/aromatic N) is 2. The van der Waals surface area contributed by atoms with Crippen LogP contribution in [0.2, 0.25) is 0 Å². The van der Waals surface area contributed by atoms with Crippen molar-refractivity contribution in [2.24, 2.45) is 0 Å². The van der Waals surface area contributed by atoms with Crippen molar-refractivity contribution in [3.05, 3.63) is 29.5 Å². The van der Waals surface area contributed by atoms with Crippen LogP contribution in [0.3, 0.4) is 0 Å². The summed E-state index contributed by atoms with van der Waals surface area (Å²) in [6.07, 6.45) is 0. The van der Waals surface area contributed by atoms with E-state index in [1.54, 1.807) is 0 Å². The summed E-state index contributed by atoms with van der Waals surface area (Å²) in [4.78, 5) is 15.4. The van der Waals surface area contributed by atoms with Gasteiger partial charge in [-0.3, -0.25) is 9.89 Å². The fourth-order valence-corrected chi connectivity index (χ4v) is 1.40. The zero-order chi connectivity index (χ0) is 12.4. The molecule has 2 aromatic rings.